The average Bonchev–Trinajstić information content (AvgIpc) is 2.92. The van der Waals surface area contributed by atoms with E-state index in [1.54, 1.807) is 6.92 Å². The highest BCUT2D eigenvalue weighted by molar-refractivity contribution is 7.03. The number of rotatable bonds is 12. The third-order valence-electron chi connectivity index (χ3n) is 6.80. The Morgan fingerprint density at radius 1 is 0.722 bits per heavy atom. The van der Waals surface area contributed by atoms with Crippen molar-refractivity contribution < 1.29 is 9.53 Å². The first-order valence-electron chi connectivity index (χ1n) is 12.7. The van der Waals surface area contributed by atoms with Crippen molar-refractivity contribution in [1.82, 2.24) is 5.32 Å². The number of carbonyl (C=O) groups excluding carboxylic acids is 1. The van der Waals surface area contributed by atoms with Gasteiger partial charge in [0.05, 0.1) is 6.61 Å². The van der Waals surface area contributed by atoms with E-state index in [0.717, 1.165) is 18.9 Å². The Kier molecular flexibility index (Phi) is 9.25. The lowest BCUT2D eigenvalue weighted by Gasteiger charge is -2.41. The Morgan fingerprint density at radius 3 is 1.69 bits per heavy atom. The van der Waals surface area contributed by atoms with Gasteiger partial charge in [-0.1, -0.05) is 132 Å². The molecular formula is C32H35NO2Si. The van der Waals surface area contributed by atoms with Crippen LogP contribution in [-0.4, -0.2) is 26.3 Å². The smallest absolute Gasteiger partial charge is 0.216 e. The van der Waals surface area contributed by atoms with Crippen molar-refractivity contribution in [3.8, 4) is 0 Å². The molecule has 0 aliphatic rings. The van der Waals surface area contributed by atoms with Gasteiger partial charge in [-0.15, -0.1) is 0 Å². The number of hydrogen-bond donors (Lipinski definition) is 1. The van der Waals surface area contributed by atoms with Crippen LogP contribution in [0.25, 0.3) is 0 Å². The summed E-state index contributed by atoms with van der Waals surface area (Å²) in [6.45, 7) is 2.93. The summed E-state index contributed by atoms with van der Waals surface area (Å²) >= 11 is 0. The van der Waals surface area contributed by atoms with E-state index in [9.17, 15) is 4.79 Å². The summed E-state index contributed by atoms with van der Waals surface area (Å²) in [4.78, 5) is 12.6. The Balaban J connectivity index is 1.69. The van der Waals surface area contributed by atoms with Crippen molar-refractivity contribution in [3.63, 3.8) is 0 Å². The van der Waals surface area contributed by atoms with Gasteiger partial charge in [-0.2, -0.15) is 0 Å². The van der Waals surface area contributed by atoms with Crippen molar-refractivity contribution in [2.45, 2.75) is 38.1 Å². The highest BCUT2D eigenvalue weighted by Crippen LogP contribution is 2.22. The summed E-state index contributed by atoms with van der Waals surface area (Å²) in [7, 11) is -2.46. The molecule has 1 unspecified atom stereocenters. The first-order chi connectivity index (χ1) is 17.7. The summed E-state index contributed by atoms with van der Waals surface area (Å²) in [5.74, 6) is 0.0139. The predicted molar refractivity (Wildman–Crippen MR) is 151 cm³/mol. The molecule has 3 nitrogen and oxygen atoms in total. The molecule has 36 heavy (non-hydrogen) atoms. The van der Waals surface area contributed by atoms with Gasteiger partial charge in [0.1, 0.15) is 8.07 Å². The zero-order valence-electron chi connectivity index (χ0n) is 21.0. The maximum atomic E-state index is 12.6. The summed E-state index contributed by atoms with van der Waals surface area (Å²) in [6.07, 6.45) is 1.72. The number of nitrogens with one attached hydrogen (secondary N) is 1. The van der Waals surface area contributed by atoms with Gasteiger partial charge in [0.25, 0.3) is 0 Å². The van der Waals surface area contributed by atoms with E-state index in [1.165, 1.54) is 21.5 Å². The maximum Gasteiger partial charge on any atom is 0.216 e. The summed E-state index contributed by atoms with van der Waals surface area (Å²) < 4.78 is 6.10. The van der Waals surface area contributed by atoms with Crippen molar-refractivity contribution in [1.29, 1.82) is 0 Å². The topological polar surface area (TPSA) is 38.3 Å². The fourth-order valence-electron chi connectivity index (χ4n) is 5.16. The van der Waals surface area contributed by atoms with Gasteiger partial charge in [-0.25, -0.2) is 0 Å². The van der Waals surface area contributed by atoms with Crippen LogP contribution in [0, 0.1) is 0 Å². The maximum absolute atomic E-state index is 12.6. The summed E-state index contributed by atoms with van der Waals surface area (Å²) in [6, 6.07) is 43.5. The third kappa shape index (κ3) is 6.59. The van der Waals surface area contributed by atoms with Crippen LogP contribution in [0.2, 0.25) is 6.04 Å². The molecule has 4 rings (SSSR count). The van der Waals surface area contributed by atoms with Crippen LogP contribution in [-0.2, 0) is 22.6 Å². The summed E-state index contributed by atoms with van der Waals surface area (Å²) in [5.41, 5.74) is 2.43. The third-order valence-corrected chi connectivity index (χ3v) is 12.2. The SMILES string of the molecule is CC(=O)NC(Cc1ccccc1)[Si](CCCOCc1ccccc1)(c1ccccc1)c1ccccc1. The minimum Gasteiger partial charge on any atom is -0.377 e. The molecule has 1 atom stereocenters. The quantitative estimate of drug-likeness (QED) is 0.219. The molecule has 0 saturated carbocycles. The minimum atomic E-state index is -2.46. The second-order valence-electron chi connectivity index (χ2n) is 9.29. The largest absolute Gasteiger partial charge is 0.377 e. The lowest BCUT2D eigenvalue weighted by Crippen LogP contribution is -2.71. The van der Waals surface area contributed by atoms with E-state index in [0.29, 0.717) is 13.2 Å². The van der Waals surface area contributed by atoms with Crippen molar-refractivity contribution in [2.75, 3.05) is 6.61 Å². The van der Waals surface area contributed by atoms with E-state index in [4.69, 9.17) is 4.74 Å². The molecule has 0 aliphatic heterocycles. The standard InChI is InChI=1S/C32H35NO2Si/c1-27(34)33-32(25-28-15-6-2-7-16-28)36(30-19-10-4-11-20-30,31-21-12-5-13-22-31)24-14-23-35-26-29-17-8-3-9-18-29/h2-13,15-22,32H,14,23-26H2,1H3,(H,33,34). The number of ether oxygens (including phenoxy) is 1. The van der Waals surface area contributed by atoms with Gasteiger partial charge in [-0.3, -0.25) is 4.79 Å². The van der Waals surface area contributed by atoms with Crippen LogP contribution in [0.4, 0.5) is 0 Å². The molecule has 0 fully saturated rings. The first kappa shape index (κ1) is 25.6. The van der Waals surface area contributed by atoms with Gasteiger partial charge in [0.15, 0.2) is 0 Å². The fourth-order valence-corrected chi connectivity index (χ4v) is 10.5. The van der Waals surface area contributed by atoms with Crippen molar-refractivity contribution in [2.24, 2.45) is 0 Å². The molecule has 0 heterocycles. The van der Waals surface area contributed by atoms with E-state index in [-0.39, 0.29) is 11.6 Å². The molecule has 4 aromatic rings. The Labute approximate surface area is 216 Å². The van der Waals surface area contributed by atoms with Crippen molar-refractivity contribution >= 4 is 24.4 Å². The van der Waals surface area contributed by atoms with Crippen molar-refractivity contribution in [3.05, 3.63) is 132 Å². The second kappa shape index (κ2) is 13.0. The zero-order valence-corrected chi connectivity index (χ0v) is 22.0. The lowest BCUT2D eigenvalue weighted by molar-refractivity contribution is -0.119. The van der Waals surface area contributed by atoms with Crippen LogP contribution in [0.3, 0.4) is 0 Å². The zero-order chi connectivity index (χ0) is 25.1. The second-order valence-corrected chi connectivity index (χ2v) is 13.6. The molecule has 0 aromatic heterocycles. The number of carbonyl (C=O) groups is 1. The molecule has 1 amide bonds. The van der Waals surface area contributed by atoms with E-state index >= 15 is 0 Å². The molecular weight excluding hydrogens is 458 g/mol. The highest BCUT2D eigenvalue weighted by Gasteiger charge is 2.44. The molecule has 0 radical (unpaired) electrons. The van der Waals surface area contributed by atoms with Gasteiger partial charge < -0.3 is 10.1 Å². The summed E-state index contributed by atoms with van der Waals surface area (Å²) in [5, 5.41) is 6.10. The fraction of sp³-hybridized carbons (Fsp3) is 0.219. The van der Waals surface area contributed by atoms with Gasteiger partial charge >= 0.3 is 0 Å². The van der Waals surface area contributed by atoms with Gasteiger partial charge in [-0.05, 0) is 30.0 Å². The number of hydrogen-bond acceptors (Lipinski definition) is 2. The van der Waals surface area contributed by atoms with Crippen LogP contribution >= 0.6 is 0 Å². The lowest BCUT2D eigenvalue weighted by atomic mass is 10.1. The molecule has 4 heteroatoms. The average molecular weight is 494 g/mol. The van der Waals surface area contributed by atoms with E-state index < -0.39 is 8.07 Å². The Morgan fingerprint density at radius 2 is 1.19 bits per heavy atom. The molecule has 0 aliphatic carbocycles. The van der Waals surface area contributed by atoms with Gasteiger partial charge in [0.2, 0.25) is 5.91 Å². The first-order valence-corrected chi connectivity index (χ1v) is 15.0. The monoisotopic (exact) mass is 493 g/mol. The van der Waals surface area contributed by atoms with Crippen LogP contribution < -0.4 is 15.7 Å². The molecule has 184 valence electrons. The minimum absolute atomic E-state index is 0.0105. The van der Waals surface area contributed by atoms with E-state index in [1.807, 2.05) is 24.3 Å². The van der Waals surface area contributed by atoms with Crippen LogP contribution in [0.1, 0.15) is 24.5 Å². The molecule has 4 aromatic carbocycles. The van der Waals surface area contributed by atoms with Crippen LogP contribution in [0.5, 0.6) is 0 Å². The molecule has 0 spiro atoms. The van der Waals surface area contributed by atoms with Crippen LogP contribution in [0.15, 0.2) is 121 Å². The number of benzene rings is 4. The predicted octanol–water partition coefficient (Wildman–Crippen LogP) is 5.14. The molecule has 0 saturated heterocycles. The normalized spacial score (nSPS) is 12.1. The Bertz CT molecular complexity index is 1140. The highest BCUT2D eigenvalue weighted by atomic mass is 28.3. The van der Waals surface area contributed by atoms with E-state index in [2.05, 4.69) is 102 Å². The number of amides is 1. The Hall–Kier alpha value is -3.47. The molecule has 0 bridgehead atoms. The van der Waals surface area contributed by atoms with Gasteiger partial charge in [0, 0.05) is 19.2 Å². The molecule has 1 N–H and O–H groups in total.